The van der Waals surface area contributed by atoms with Crippen LogP contribution in [0.15, 0.2) is 29.3 Å². The largest absolute Gasteiger partial charge is 0.381 e. The van der Waals surface area contributed by atoms with E-state index in [4.69, 9.17) is 9.73 Å². The molecular formula is C25H40N4O2. The summed E-state index contributed by atoms with van der Waals surface area (Å²) >= 11 is 0. The molecule has 2 aliphatic rings. The summed E-state index contributed by atoms with van der Waals surface area (Å²) in [6.45, 7) is 7.98. The molecule has 1 heterocycles. The van der Waals surface area contributed by atoms with Gasteiger partial charge in [-0.25, -0.2) is 0 Å². The summed E-state index contributed by atoms with van der Waals surface area (Å²) in [6.07, 6.45) is 6.06. The SMILES string of the molecule is CCNC(=NCC1(C(=O)N(C)C)CCCC1)NCC1(c2ccccc2C)CCOCC1. The minimum atomic E-state index is -0.349. The van der Waals surface area contributed by atoms with Gasteiger partial charge in [-0.3, -0.25) is 9.79 Å². The molecule has 2 N–H and O–H groups in total. The molecule has 0 spiro atoms. The zero-order chi connectivity index (χ0) is 22.3. The maximum absolute atomic E-state index is 12.9. The zero-order valence-electron chi connectivity index (χ0n) is 19.8. The van der Waals surface area contributed by atoms with Crippen LogP contribution in [0.5, 0.6) is 0 Å². The molecule has 172 valence electrons. The molecule has 0 unspecified atom stereocenters. The lowest BCUT2D eigenvalue weighted by molar-refractivity contribution is -0.138. The van der Waals surface area contributed by atoms with Gasteiger partial charge >= 0.3 is 0 Å². The van der Waals surface area contributed by atoms with Gasteiger partial charge in [0.1, 0.15) is 0 Å². The Labute approximate surface area is 187 Å². The second-order valence-corrected chi connectivity index (χ2v) is 9.44. The highest BCUT2D eigenvalue weighted by Gasteiger charge is 2.42. The summed E-state index contributed by atoms with van der Waals surface area (Å²) in [5.74, 6) is 1.02. The van der Waals surface area contributed by atoms with E-state index in [-0.39, 0.29) is 16.7 Å². The second kappa shape index (κ2) is 10.5. The standard InChI is InChI=1S/C25H40N4O2/c1-5-26-23(28-19-25(12-8-9-13-25)22(30)29(3)4)27-18-24(14-16-31-17-15-24)21-11-7-6-10-20(21)2/h6-7,10-11H,5,8-9,12-19H2,1-4H3,(H2,26,27,28). The number of hydrogen-bond acceptors (Lipinski definition) is 3. The average Bonchev–Trinajstić information content (AvgIpc) is 3.26. The third-order valence-electron chi connectivity index (χ3n) is 7.07. The summed E-state index contributed by atoms with van der Waals surface area (Å²) in [5.41, 5.74) is 2.41. The molecule has 1 aromatic rings. The van der Waals surface area contributed by atoms with Crippen LogP contribution in [-0.2, 0) is 14.9 Å². The molecule has 1 saturated carbocycles. The summed E-state index contributed by atoms with van der Waals surface area (Å²) in [4.78, 5) is 19.6. The number of rotatable bonds is 7. The van der Waals surface area contributed by atoms with Gasteiger partial charge in [-0.05, 0) is 50.7 Å². The van der Waals surface area contributed by atoms with E-state index in [1.807, 2.05) is 14.1 Å². The number of nitrogens with zero attached hydrogens (tertiary/aromatic N) is 2. The average molecular weight is 429 g/mol. The van der Waals surface area contributed by atoms with Crippen molar-refractivity contribution in [2.45, 2.75) is 57.8 Å². The van der Waals surface area contributed by atoms with E-state index in [1.54, 1.807) is 4.90 Å². The first-order valence-corrected chi connectivity index (χ1v) is 11.8. The lowest BCUT2D eigenvalue weighted by atomic mass is 9.72. The van der Waals surface area contributed by atoms with Crippen molar-refractivity contribution in [2.75, 3.05) is 46.9 Å². The van der Waals surface area contributed by atoms with Gasteiger partial charge in [-0.15, -0.1) is 0 Å². The molecule has 31 heavy (non-hydrogen) atoms. The molecule has 6 heteroatoms. The van der Waals surface area contributed by atoms with E-state index in [2.05, 4.69) is 48.7 Å². The Kier molecular flexibility index (Phi) is 7.98. The number of aryl methyl sites for hydroxylation is 1. The number of benzene rings is 1. The smallest absolute Gasteiger partial charge is 0.230 e. The first kappa shape index (κ1) is 23.6. The predicted molar refractivity (Wildman–Crippen MR) is 126 cm³/mol. The fourth-order valence-corrected chi connectivity index (χ4v) is 5.26. The second-order valence-electron chi connectivity index (χ2n) is 9.44. The van der Waals surface area contributed by atoms with Crippen LogP contribution in [0.2, 0.25) is 0 Å². The quantitative estimate of drug-likeness (QED) is 0.517. The minimum absolute atomic E-state index is 0.0320. The molecule has 1 aromatic carbocycles. The fourth-order valence-electron chi connectivity index (χ4n) is 5.26. The number of carbonyl (C=O) groups excluding carboxylic acids is 1. The van der Waals surface area contributed by atoms with E-state index < -0.39 is 0 Å². The predicted octanol–water partition coefficient (Wildman–Crippen LogP) is 3.25. The number of amides is 1. The Balaban J connectivity index is 1.78. The highest BCUT2D eigenvalue weighted by atomic mass is 16.5. The molecule has 3 rings (SSSR count). The van der Waals surface area contributed by atoms with Gasteiger partial charge in [0.05, 0.1) is 12.0 Å². The first-order valence-electron chi connectivity index (χ1n) is 11.8. The van der Waals surface area contributed by atoms with Crippen LogP contribution >= 0.6 is 0 Å². The van der Waals surface area contributed by atoms with E-state index in [0.717, 1.165) is 70.8 Å². The van der Waals surface area contributed by atoms with Gasteiger partial charge < -0.3 is 20.3 Å². The van der Waals surface area contributed by atoms with E-state index in [9.17, 15) is 4.79 Å². The van der Waals surface area contributed by atoms with Crippen molar-refractivity contribution < 1.29 is 9.53 Å². The van der Waals surface area contributed by atoms with Gasteiger partial charge in [0.2, 0.25) is 5.91 Å². The first-order chi connectivity index (χ1) is 14.9. The summed E-state index contributed by atoms with van der Waals surface area (Å²) in [6, 6.07) is 8.70. The molecule has 0 radical (unpaired) electrons. The molecule has 1 saturated heterocycles. The Morgan fingerprint density at radius 3 is 2.39 bits per heavy atom. The van der Waals surface area contributed by atoms with Crippen molar-refractivity contribution in [3.8, 4) is 0 Å². The van der Waals surface area contributed by atoms with Crippen LogP contribution < -0.4 is 10.6 Å². The summed E-state index contributed by atoms with van der Waals surface area (Å²) < 4.78 is 5.70. The van der Waals surface area contributed by atoms with Crippen LogP contribution in [0.3, 0.4) is 0 Å². The number of carbonyl (C=O) groups is 1. The Bertz CT molecular complexity index is 763. The van der Waals surface area contributed by atoms with Crippen molar-refractivity contribution in [1.29, 1.82) is 0 Å². The Morgan fingerprint density at radius 2 is 1.77 bits per heavy atom. The van der Waals surface area contributed by atoms with Crippen LogP contribution in [0.25, 0.3) is 0 Å². The van der Waals surface area contributed by atoms with E-state index in [0.29, 0.717) is 6.54 Å². The number of ether oxygens (including phenoxy) is 1. The van der Waals surface area contributed by atoms with Crippen molar-refractivity contribution in [3.05, 3.63) is 35.4 Å². The lowest BCUT2D eigenvalue weighted by Gasteiger charge is -2.39. The maximum Gasteiger partial charge on any atom is 0.230 e. The van der Waals surface area contributed by atoms with Gasteiger partial charge in [0.25, 0.3) is 0 Å². The molecule has 0 aromatic heterocycles. The molecule has 1 aliphatic carbocycles. The Hall–Kier alpha value is -2.08. The van der Waals surface area contributed by atoms with Crippen LogP contribution in [0.1, 0.15) is 56.6 Å². The van der Waals surface area contributed by atoms with Crippen LogP contribution in [0.4, 0.5) is 0 Å². The topological polar surface area (TPSA) is 66.0 Å². The number of guanidine groups is 1. The van der Waals surface area contributed by atoms with Gasteiger partial charge in [0.15, 0.2) is 5.96 Å². The molecule has 2 fully saturated rings. The van der Waals surface area contributed by atoms with Crippen molar-refractivity contribution in [2.24, 2.45) is 10.4 Å². The van der Waals surface area contributed by atoms with Crippen molar-refractivity contribution in [3.63, 3.8) is 0 Å². The number of nitrogens with one attached hydrogen (secondary N) is 2. The summed E-state index contributed by atoms with van der Waals surface area (Å²) in [7, 11) is 3.71. The van der Waals surface area contributed by atoms with Crippen LogP contribution in [0, 0.1) is 12.3 Å². The lowest BCUT2D eigenvalue weighted by Crippen LogP contribution is -2.49. The Morgan fingerprint density at radius 1 is 1.10 bits per heavy atom. The highest BCUT2D eigenvalue weighted by molar-refractivity contribution is 5.84. The molecule has 1 aliphatic heterocycles. The number of hydrogen-bond donors (Lipinski definition) is 2. The van der Waals surface area contributed by atoms with Crippen molar-refractivity contribution >= 4 is 11.9 Å². The molecule has 0 atom stereocenters. The summed E-state index contributed by atoms with van der Waals surface area (Å²) in [5, 5.41) is 7.02. The normalized spacial score (nSPS) is 20.3. The monoisotopic (exact) mass is 428 g/mol. The maximum atomic E-state index is 12.9. The van der Waals surface area contributed by atoms with E-state index in [1.165, 1.54) is 11.1 Å². The highest BCUT2D eigenvalue weighted by Crippen LogP contribution is 2.40. The van der Waals surface area contributed by atoms with E-state index >= 15 is 0 Å². The minimum Gasteiger partial charge on any atom is -0.381 e. The van der Waals surface area contributed by atoms with Crippen LogP contribution in [-0.4, -0.2) is 63.7 Å². The molecule has 1 amide bonds. The molecule has 6 nitrogen and oxygen atoms in total. The third-order valence-corrected chi connectivity index (χ3v) is 7.07. The third kappa shape index (κ3) is 5.40. The number of aliphatic imine (C=N–C) groups is 1. The zero-order valence-corrected chi connectivity index (χ0v) is 19.8. The van der Waals surface area contributed by atoms with Crippen molar-refractivity contribution in [1.82, 2.24) is 15.5 Å². The van der Waals surface area contributed by atoms with Gasteiger partial charge in [-0.1, -0.05) is 37.1 Å². The van der Waals surface area contributed by atoms with Gasteiger partial charge in [0, 0.05) is 45.8 Å². The fraction of sp³-hybridized carbons (Fsp3) is 0.680. The molecule has 0 bridgehead atoms. The van der Waals surface area contributed by atoms with Gasteiger partial charge in [-0.2, -0.15) is 0 Å². The molecular weight excluding hydrogens is 388 g/mol.